The highest BCUT2D eigenvalue weighted by Crippen LogP contribution is 2.29. The minimum absolute atomic E-state index is 0.864. The van der Waals surface area contributed by atoms with Crippen LogP contribution in [0.25, 0.3) is 0 Å². The van der Waals surface area contributed by atoms with E-state index in [0.717, 1.165) is 38.9 Å². The molecule has 0 saturated carbocycles. The number of halogens is 1. The minimum Gasteiger partial charge on any atom is -0.270 e. The number of aromatic nitrogens is 4. The van der Waals surface area contributed by atoms with Gasteiger partial charge in [-0.25, -0.2) is 4.98 Å². The average Bonchev–Trinajstić information content (AvgIpc) is 2.93. The van der Waals surface area contributed by atoms with E-state index in [1.165, 1.54) is 17.2 Å². The predicted octanol–water partition coefficient (Wildman–Crippen LogP) is 3.45. The summed E-state index contributed by atoms with van der Waals surface area (Å²) in [7, 11) is 1.98. The van der Waals surface area contributed by atoms with Gasteiger partial charge in [0.15, 0.2) is 4.34 Å². The first-order chi connectivity index (χ1) is 8.65. The summed E-state index contributed by atoms with van der Waals surface area (Å²) in [6, 6.07) is 0. The van der Waals surface area contributed by atoms with Crippen LogP contribution >= 0.6 is 39.2 Å². The van der Waals surface area contributed by atoms with Crippen LogP contribution in [0, 0.1) is 0 Å². The number of hydrogen-bond acceptors (Lipinski definition) is 5. The Morgan fingerprint density at radius 1 is 1.33 bits per heavy atom. The Balaban J connectivity index is 2.08. The van der Waals surface area contributed by atoms with Crippen molar-refractivity contribution in [1.82, 2.24) is 19.1 Å². The van der Waals surface area contributed by atoms with Crippen LogP contribution in [-0.4, -0.2) is 19.1 Å². The molecule has 0 bridgehead atoms. The van der Waals surface area contributed by atoms with Crippen molar-refractivity contribution in [2.75, 3.05) is 0 Å². The summed E-state index contributed by atoms with van der Waals surface area (Å²) < 4.78 is 8.38. The normalized spacial score (nSPS) is 11.1. The third-order valence-electron chi connectivity index (χ3n) is 2.60. The van der Waals surface area contributed by atoms with Crippen LogP contribution in [0.5, 0.6) is 0 Å². The molecule has 0 amide bonds. The number of nitrogens with zero attached hydrogens (tertiary/aromatic N) is 4. The van der Waals surface area contributed by atoms with Crippen molar-refractivity contribution in [2.24, 2.45) is 7.05 Å². The molecule has 18 heavy (non-hydrogen) atoms. The van der Waals surface area contributed by atoms with Gasteiger partial charge in [0.25, 0.3) is 0 Å². The van der Waals surface area contributed by atoms with Crippen LogP contribution in [0.15, 0.2) is 8.81 Å². The number of aryl methyl sites for hydroxylation is 3. The van der Waals surface area contributed by atoms with Gasteiger partial charge in [0.2, 0.25) is 0 Å². The number of thioether (sulfide) groups is 1. The van der Waals surface area contributed by atoms with Crippen LogP contribution in [0.1, 0.15) is 31.1 Å². The molecule has 0 atom stereocenters. The molecule has 0 aliphatic rings. The lowest BCUT2D eigenvalue weighted by Crippen LogP contribution is -1.96. The van der Waals surface area contributed by atoms with Gasteiger partial charge in [-0.05, 0) is 33.9 Å². The summed E-state index contributed by atoms with van der Waals surface area (Å²) in [5, 5.41) is 4.49. The molecule has 0 aromatic carbocycles. The largest absolute Gasteiger partial charge is 0.270 e. The summed E-state index contributed by atoms with van der Waals surface area (Å²) in [4.78, 5) is 4.46. The molecule has 2 aromatic heterocycles. The fraction of sp³-hybridized carbons (Fsp3) is 0.545. The van der Waals surface area contributed by atoms with Gasteiger partial charge in [0.05, 0.1) is 15.9 Å². The second-order valence-electron chi connectivity index (χ2n) is 3.80. The summed E-state index contributed by atoms with van der Waals surface area (Å²) in [5.74, 6) is 1.79. The predicted molar refractivity (Wildman–Crippen MR) is 79.1 cm³/mol. The van der Waals surface area contributed by atoms with Gasteiger partial charge < -0.3 is 0 Å². The molecule has 0 radical (unpaired) electrons. The number of rotatable bonds is 5. The van der Waals surface area contributed by atoms with Crippen LogP contribution in [0.2, 0.25) is 0 Å². The average molecular weight is 347 g/mol. The fourth-order valence-corrected chi connectivity index (χ4v) is 4.25. The molecule has 0 aliphatic carbocycles. The highest BCUT2D eigenvalue weighted by Gasteiger charge is 2.13. The first-order valence-electron chi connectivity index (χ1n) is 5.81. The maximum Gasteiger partial charge on any atom is 0.170 e. The van der Waals surface area contributed by atoms with E-state index in [1.807, 2.05) is 11.7 Å². The molecule has 2 rings (SSSR count). The molecule has 7 heteroatoms. The quantitative estimate of drug-likeness (QED) is 0.777. The highest BCUT2D eigenvalue weighted by molar-refractivity contribution is 9.10. The van der Waals surface area contributed by atoms with E-state index in [-0.39, 0.29) is 0 Å². The second-order valence-corrected chi connectivity index (χ2v) is 6.57. The van der Waals surface area contributed by atoms with Gasteiger partial charge >= 0.3 is 0 Å². The van der Waals surface area contributed by atoms with Gasteiger partial charge in [-0.1, -0.05) is 25.6 Å². The monoisotopic (exact) mass is 346 g/mol. The van der Waals surface area contributed by atoms with Crippen molar-refractivity contribution in [2.45, 2.75) is 36.8 Å². The minimum atomic E-state index is 0.864. The van der Waals surface area contributed by atoms with E-state index < -0.39 is 0 Å². The van der Waals surface area contributed by atoms with Crippen molar-refractivity contribution >= 4 is 39.2 Å². The molecule has 0 spiro atoms. The van der Waals surface area contributed by atoms with Crippen molar-refractivity contribution in [3.05, 3.63) is 21.7 Å². The molecule has 0 saturated heterocycles. The zero-order valence-electron chi connectivity index (χ0n) is 10.6. The van der Waals surface area contributed by atoms with E-state index in [1.54, 1.807) is 11.8 Å². The summed E-state index contributed by atoms with van der Waals surface area (Å²) in [5.41, 5.74) is 2.31. The van der Waals surface area contributed by atoms with Crippen molar-refractivity contribution < 1.29 is 0 Å². The molecule has 98 valence electrons. The Kier molecular flexibility index (Phi) is 4.80. The Hall–Kier alpha value is -0.400. The SMILES string of the molecule is CCc1nsc(SCc2c(Br)c(CC)nn2C)n1. The zero-order valence-corrected chi connectivity index (χ0v) is 13.8. The molecule has 0 unspecified atom stereocenters. The van der Waals surface area contributed by atoms with Crippen molar-refractivity contribution in [1.29, 1.82) is 0 Å². The van der Waals surface area contributed by atoms with Gasteiger partial charge in [-0.15, -0.1) is 0 Å². The topological polar surface area (TPSA) is 43.6 Å². The summed E-state index contributed by atoms with van der Waals surface area (Å²) >= 11 is 6.82. The van der Waals surface area contributed by atoms with E-state index in [9.17, 15) is 0 Å². The van der Waals surface area contributed by atoms with Crippen LogP contribution in [0.3, 0.4) is 0 Å². The van der Waals surface area contributed by atoms with Crippen molar-refractivity contribution in [3.8, 4) is 0 Å². The standard InChI is InChI=1S/C11H15BrN4S2/c1-4-7-10(12)8(16(3)14-7)6-17-11-13-9(5-2)15-18-11/h4-6H2,1-3H3. The van der Waals surface area contributed by atoms with Crippen LogP contribution in [0.4, 0.5) is 0 Å². The Bertz CT molecular complexity index is 535. The molecular weight excluding hydrogens is 332 g/mol. The van der Waals surface area contributed by atoms with E-state index >= 15 is 0 Å². The molecule has 2 aromatic rings. The first kappa shape index (κ1) is 14.0. The van der Waals surface area contributed by atoms with Gasteiger partial charge in [-0.2, -0.15) is 9.47 Å². The molecule has 2 heterocycles. The lowest BCUT2D eigenvalue weighted by atomic mass is 10.3. The van der Waals surface area contributed by atoms with Crippen molar-refractivity contribution in [3.63, 3.8) is 0 Å². The maximum atomic E-state index is 4.49. The van der Waals surface area contributed by atoms with Crippen LogP contribution in [-0.2, 0) is 25.6 Å². The smallest absolute Gasteiger partial charge is 0.170 e. The third kappa shape index (κ3) is 2.95. The maximum absolute atomic E-state index is 4.49. The Labute approximate surface area is 123 Å². The molecule has 0 aliphatic heterocycles. The van der Waals surface area contributed by atoms with E-state index in [4.69, 9.17) is 0 Å². The molecule has 4 nitrogen and oxygen atoms in total. The third-order valence-corrected chi connectivity index (χ3v) is 5.40. The second kappa shape index (κ2) is 6.16. The molecule has 0 N–H and O–H groups in total. The molecular formula is C11H15BrN4S2. The fourth-order valence-electron chi connectivity index (χ4n) is 1.55. The van der Waals surface area contributed by atoms with Crippen LogP contribution < -0.4 is 0 Å². The summed E-state index contributed by atoms with van der Waals surface area (Å²) in [6.07, 6.45) is 1.84. The van der Waals surface area contributed by atoms with Gasteiger partial charge in [-0.3, -0.25) is 4.68 Å². The summed E-state index contributed by atoms with van der Waals surface area (Å²) in [6.45, 7) is 4.18. The van der Waals surface area contributed by atoms with E-state index in [2.05, 4.69) is 44.2 Å². The van der Waals surface area contributed by atoms with E-state index in [0.29, 0.717) is 0 Å². The zero-order chi connectivity index (χ0) is 13.1. The lowest BCUT2D eigenvalue weighted by Gasteiger charge is -2.00. The molecule has 0 fully saturated rings. The lowest BCUT2D eigenvalue weighted by molar-refractivity contribution is 0.719. The first-order valence-corrected chi connectivity index (χ1v) is 8.36. The Morgan fingerprint density at radius 2 is 2.11 bits per heavy atom. The van der Waals surface area contributed by atoms with Gasteiger partial charge in [0.1, 0.15) is 5.82 Å². The Morgan fingerprint density at radius 3 is 2.67 bits per heavy atom. The van der Waals surface area contributed by atoms with Gasteiger partial charge in [0, 0.05) is 19.2 Å². The number of hydrogen-bond donors (Lipinski definition) is 0. The highest BCUT2D eigenvalue weighted by atomic mass is 79.9.